The number of amides is 1. The predicted octanol–water partition coefficient (Wildman–Crippen LogP) is 2.80. The molecule has 1 aliphatic rings. The first-order valence-electron chi connectivity index (χ1n) is 8.10. The van der Waals surface area contributed by atoms with Gasteiger partial charge in [-0.2, -0.15) is 0 Å². The van der Waals surface area contributed by atoms with Crippen molar-refractivity contribution in [3.05, 3.63) is 47.5 Å². The van der Waals surface area contributed by atoms with Gasteiger partial charge in [0.15, 0.2) is 23.0 Å². The fourth-order valence-electron chi connectivity index (χ4n) is 2.67. The van der Waals surface area contributed by atoms with Crippen LogP contribution in [0.4, 0.5) is 0 Å². The van der Waals surface area contributed by atoms with E-state index in [9.17, 15) is 4.79 Å². The van der Waals surface area contributed by atoms with Gasteiger partial charge in [-0.15, -0.1) is 0 Å². The minimum absolute atomic E-state index is 0.133. The lowest BCUT2D eigenvalue weighted by molar-refractivity contribution is 0.0953. The van der Waals surface area contributed by atoms with Crippen molar-refractivity contribution in [3.63, 3.8) is 0 Å². The molecule has 1 N–H and O–H groups in total. The molecule has 132 valence electrons. The third kappa shape index (κ3) is 3.96. The smallest absolute Gasteiger partial charge is 0.251 e. The summed E-state index contributed by atoms with van der Waals surface area (Å²) in [6.45, 7) is 0.863. The Balaban J connectivity index is 1.49. The maximum Gasteiger partial charge on any atom is 0.251 e. The third-order valence-corrected chi connectivity index (χ3v) is 4.01. The highest BCUT2D eigenvalue weighted by atomic mass is 16.7. The van der Waals surface area contributed by atoms with Crippen LogP contribution in [0.15, 0.2) is 36.4 Å². The van der Waals surface area contributed by atoms with Crippen molar-refractivity contribution in [1.29, 1.82) is 0 Å². The molecule has 1 amide bonds. The molecule has 0 saturated heterocycles. The molecule has 2 aromatic carbocycles. The molecule has 0 saturated carbocycles. The molecule has 1 heterocycles. The summed E-state index contributed by atoms with van der Waals surface area (Å²) in [6.07, 6.45) is 1.68. The second-order valence-corrected chi connectivity index (χ2v) is 5.62. The Morgan fingerprint density at radius 3 is 2.64 bits per heavy atom. The molecule has 6 heteroatoms. The maximum atomic E-state index is 12.2. The average molecular weight is 343 g/mol. The molecule has 0 radical (unpaired) electrons. The molecule has 0 aliphatic carbocycles. The van der Waals surface area contributed by atoms with Gasteiger partial charge < -0.3 is 24.3 Å². The number of fused-ring (bicyclic) bond motifs is 1. The summed E-state index contributed by atoms with van der Waals surface area (Å²) >= 11 is 0. The van der Waals surface area contributed by atoms with Crippen molar-refractivity contribution in [2.75, 3.05) is 27.6 Å². The average Bonchev–Trinajstić information content (AvgIpc) is 3.12. The Morgan fingerprint density at radius 1 is 1.04 bits per heavy atom. The summed E-state index contributed by atoms with van der Waals surface area (Å²) in [7, 11) is 3.11. The second kappa shape index (κ2) is 7.79. The number of hydrogen-bond donors (Lipinski definition) is 1. The summed E-state index contributed by atoms with van der Waals surface area (Å²) in [5.74, 6) is 2.57. The highest BCUT2D eigenvalue weighted by molar-refractivity contribution is 5.94. The van der Waals surface area contributed by atoms with E-state index in [-0.39, 0.29) is 12.7 Å². The van der Waals surface area contributed by atoms with Crippen molar-refractivity contribution in [2.45, 2.75) is 12.8 Å². The molecular formula is C19H21NO5. The monoisotopic (exact) mass is 343 g/mol. The molecule has 2 aromatic rings. The number of benzene rings is 2. The molecule has 0 aromatic heterocycles. The van der Waals surface area contributed by atoms with Crippen LogP contribution in [0.2, 0.25) is 0 Å². The topological polar surface area (TPSA) is 66.0 Å². The van der Waals surface area contributed by atoms with E-state index in [1.807, 2.05) is 18.2 Å². The standard InChI is InChI=1S/C19H21NO5/c1-22-15-8-6-14(11-17(15)23-2)19(21)20-9-3-4-13-5-7-16-18(10-13)25-12-24-16/h5-8,10-11H,3-4,9,12H2,1-2H3,(H,20,21). The minimum atomic E-state index is -0.133. The van der Waals surface area contributed by atoms with Crippen LogP contribution < -0.4 is 24.3 Å². The van der Waals surface area contributed by atoms with Crippen LogP contribution in [0, 0.1) is 0 Å². The van der Waals surface area contributed by atoms with Gasteiger partial charge in [0, 0.05) is 12.1 Å². The molecule has 0 unspecified atom stereocenters. The first-order valence-corrected chi connectivity index (χ1v) is 8.10. The summed E-state index contributed by atoms with van der Waals surface area (Å²) < 4.78 is 21.1. The largest absolute Gasteiger partial charge is 0.493 e. The summed E-state index contributed by atoms with van der Waals surface area (Å²) in [4.78, 5) is 12.2. The van der Waals surface area contributed by atoms with Crippen molar-refractivity contribution < 1.29 is 23.7 Å². The molecule has 0 fully saturated rings. The zero-order chi connectivity index (χ0) is 17.6. The molecule has 0 atom stereocenters. The second-order valence-electron chi connectivity index (χ2n) is 5.62. The van der Waals surface area contributed by atoms with Crippen LogP contribution in [0.5, 0.6) is 23.0 Å². The van der Waals surface area contributed by atoms with E-state index in [0.717, 1.165) is 29.9 Å². The van der Waals surface area contributed by atoms with Crippen LogP contribution in [0.3, 0.4) is 0 Å². The number of methoxy groups -OCH3 is 2. The van der Waals surface area contributed by atoms with E-state index in [4.69, 9.17) is 18.9 Å². The Labute approximate surface area is 146 Å². The maximum absolute atomic E-state index is 12.2. The number of carbonyl (C=O) groups is 1. The Morgan fingerprint density at radius 2 is 1.84 bits per heavy atom. The van der Waals surface area contributed by atoms with Crippen molar-refractivity contribution in [3.8, 4) is 23.0 Å². The van der Waals surface area contributed by atoms with E-state index < -0.39 is 0 Å². The first kappa shape index (κ1) is 17.0. The molecule has 25 heavy (non-hydrogen) atoms. The zero-order valence-electron chi connectivity index (χ0n) is 14.3. The van der Waals surface area contributed by atoms with Gasteiger partial charge in [0.2, 0.25) is 6.79 Å². The summed E-state index contributed by atoms with van der Waals surface area (Å²) in [5, 5.41) is 2.92. The van der Waals surface area contributed by atoms with Gasteiger partial charge in [-0.3, -0.25) is 4.79 Å². The lowest BCUT2D eigenvalue weighted by Gasteiger charge is -2.10. The molecule has 1 aliphatic heterocycles. The number of nitrogens with one attached hydrogen (secondary N) is 1. The van der Waals surface area contributed by atoms with Gasteiger partial charge >= 0.3 is 0 Å². The first-order chi connectivity index (χ1) is 12.2. The number of aryl methyl sites for hydroxylation is 1. The minimum Gasteiger partial charge on any atom is -0.493 e. The molecule has 6 nitrogen and oxygen atoms in total. The zero-order valence-corrected chi connectivity index (χ0v) is 14.3. The number of ether oxygens (including phenoxy) is 4. The normalized spacial score (nSPS) is 11.9. The van der Waals surface area contributed by atoms with Gasteiger partial charge in [0.1, 0.15) is 0 Å². The van der Waals surface area contributed by atoms with E-state index in [2.05, 4.69) is 5.32 Å². The predicted molar refractivity (Wildman–Crippen MR) is 92.8 cm³/mol. The van der Waals surface area contributed by atoms with Crippen LogP contribution in [-0.2, 0) is 6.42 Å². The SMILES string of the molecule is COc1ccc(C(=O)NCCCc2ccc3c(c2)OCO3)cc1OC. The van der Waals surface area contributed by atoms with Crippen LogP contribution in [-0.4, -0.2) is 33.5 Å². The van der Waals surface area contributed by atoms with E-state index >= 15 is 0 Å². The number of carbonyl (C=O) groups excluding carboxylic acids is 1. The van der Waals surface area contributed by atoms with Gasteiger partial charge in [0.25, 0.3) is 5.91 Å². The van der Waals surface area contributed by atoms with Crippen LogP contribution in [0.25, 0.3) is 0 Å². The van der Waals surface area contributed by atoms with Gasteiger partial charge in [-0.25, -0.2) is 0 Å². The third-order valence-electron chi connectivity index (χ3n) is 4.01. The summed E-state index contributed by atoms with van der Waals surface area (Å²) in [5.41, 5.74) is 1.70. The fourth-order valence-corrected chi connectivity index (χ4v) is 2.67. The van der Waals surface area contributed by atoms with Gasteiger partial charge in [-0.1, -0.05) is 6.07 Å². The molecular weight excluding hydrogens is 322 g/mol. The highest BCUT2D eigenvalue weighted by Gasteiger charge is 2.13. The van der Waals surface area contributed by atoms with E-state index in [1.54, 1.807) is 32.4 Å². The number of rotatable bonds is 7. The Bertz CT molecular complexity index is 759. The van der Waals surface area contributed by atoms with Crippen molar-refractivity contribution >= 4 is 5.91 Å². The Kier molecular flexibility index (Phi) is 5.28. The molecule has 0 bridgehead atoms. The lowest BCUT2D eigenvalue weighted by Crippen LogP contribution is -2.24. The van der Waals surface area contributed by atoms with Crippen LogP contribution >= 0.6 is 0 Å². The van der Waals surface area contributed by atoms with Gasteiger partial charge in [0.05, 0.1) is 14.2 Å². The molecule has 3 rings (SSSR count). The quantitative estimate of drug-likeness (QED) is 0.783. The highest BCUT2D eigenvalue weighted by Crippen LogP contribution is 2.32. The van der Waals surface area contributed by atoms with E-state index in [0.29, 0.717) is 23.6 Å². The van der Waals surface area contributed by atoms with E-state index in [1.165, 1.54) is 0 Å². The van der Waals surface area contributed by atoms with Gasteiger partial charge in [-0.05, 0) is 48.7 Å². The number of hydrogen-bond acceptors (Lipinski definition) is 5. The summed E-state index contributed by atoms with van der Waals surface area (Å²) in [6, 6.07) is 11.0. The lowest BCUT2D eigenvalue weighted by atomic mass is 10.1. The fraction of sp³-hybridized carbons (Fsp3) is 0.316. The Hall–Kier alpha value is -2.89. The van der Waals surface area contributed by atoms with Crippen molar-refractivity contribution in [1.82, 2.24) is 5.32 Å². The van der Waals surface area contributed by atoms with Crippen molar-refractivity contribution in [2.24, 2.45) is 0 Å². The molecule has 0 spiro atoms. The van der Waals surface area contributed by atoms with Crippen LogP contribution in [0.1, 0.15) is 22.3 Å².